The molecule has 116 valence electrons. The number of carboxylic acid groups (broad SMARTS) is 1. The average Bonchev–Trinajstić information content (AvgIpc) is 2.45. The van der Waals surface area contributed by atoms with Crippen molar-refractivity contribution in [3.63, 3.8) is 0 Å². The fraction of sp³-hybridized carbons (Fsp3) is 0.857. The highest BCUT2D eigenvalue weighted by atomic mass is 16.4. The first-order valence-corrected chi connectivity index (χ1v) is 7.08. The Morgan fingerprint density at radius 2 is 1.95 bits per heavy atom. The summed E-state index contributed by atoms with van der Waals surface area (Å²) in [6.45, 7) is 7.15. The highest BCUT2D eigenvalue weighted by Crippen LogP contribution is 2.29. The number of carbonyl (C=O) groups excluding carboxylic acids is 1. The highest BCUT2D eigenvalue weighted by molar-refractivity contribution is 5.74. The summed E-state index contributed by atoms with van der Waals surface area (Å²) >= 11 is 0. The molecule has 0 aromatic heterocycles. The van der Waals surface area contributed by atoms with E-state index < -0.39 is 11.6 Å². The molecule has 6 nitrogen and oxygen atoms in total. The molecule has 0 aliphatic carbocycles. The van der Waals surface area contributed by atoms with Crippen molar-refractivity contribution in [2.24, 2.45) is 5.41 Å². The van der Waals surface area contributed by atoms with Gasteiger partial charge in [-0.2, -0.15) is 0 Å². The maximum atomic E-state index is 12.1. The number of carboxylic acids is 1. The molecule has 1 atom stereocenters. The third-order valence-electron chi connectivity index (χ3n) is 3.78. The zero-order chi connectivity index (χ0) is 15.4. The van der Waals surface area contributed by atoms with Gasteiger partial charge in [-0.1, -0.05) is 13.8 Å². The fourth-order valence-corrected chi connectivity index (χ4v) is 2.39. The molecule has 0 bridgehead atoms. The molecular weight excluding hydrogens is 260 g/mol. The predicted molar refractivity (Wildman–Crippen MR) is 75.5 cm³/mol. The molecule has 0 aromatic rings. The third-order valence-corrected chi connectivity index (χ3v) is 3.78. The van der Waals surface area contributed by atoms with Crippen LogP contribution in [0.1, 0.15) is 46.5 Å². The topological polar surface area (TPSA) is 89.9 Å². The summed E-state index contributed by atoms with van der Waals surface area (Å²) in [4.78, 5) is 24.4. The first kappa shape index (κ1) is 16.8. The van der Waals surface area contributed by atoms with E-state index >= 15 is 0 Å². The Labute approximate surface area is 120 Å². The lowest BCUT2D eigenvalue weighted by Crippen LogP contribution is -2.47. The molecule has 1 aliphatic heterocycles. The molecular formula is C14H26N2O4. The van der Waals surface area contributed by atoms with Crippen molar-refractivity contribution in [2.75, 3.05) is 19.6 Å². The lowest BCUT2D eigenvalue weighted by molar-refractivity contribution is -0.141. The number of rotatable bonds is 4. The van der Waals surface area contributed by atoms with Gasteiger partial charge in [0.25, 0.3) is 0 Å². The van der Waals surface area contributed by atoms with Gasteiger partial charge in [-0.25, -0.2) is 4.79 Å². The molecule has 0 aromatic carbocycles. The van der Waals surface area contributed by atoms with E-state index in [-0.39, 0.29) is 24.4 Å². The molecule has 2 amide bonds. The number of urea groups is 1. The van der Waals surface area contributed by atoms with Crippen LogP contribution in [-0.2, 0) is 4.79 Å². The first-order valence-electron chi connectivity index (χ1n) is 7.08. The fourth-order valence-electron chi connectivity index (χ4n) is 2.39. The largest absolute Gasteiger partial charge is 0.481 e. The highest BCUT2D eigenvalue weighted by Gasteiger charge is 2.28. The summed E-state index contributed by atoms with van der Waals surface area (Å²) in [5.74, 6) is -1.08. The van der Waals surface area contributed by atoms with E-state index in [1.165, 1.54) is 6.92 Å². The summed E-state index contributed by atoms with van der Waals surface area (Å²) in [5, 5.41) is 21.2. The van der Waals surface area contributed by atoms with Crippen molar-refractivity contribution in [1.82, 2.24) is 10.2 Å². The lowest BCUT2D eigenvalue weighted by Gasteiger charge is -2.26. The third kappa shape index (κ3) is 5.77. The van der Waals surface area contributed by atoms with Gasteiger partial charge in [0.15, 0.2) is 0 Å². The van der Waals surface area contributed by atoms with Crippen LogP contribution < -0.4 is 5.32 Å². The molecule has 1 unspecified atom stereocenters. The van der Waals surface area contributed by atoms with Crippen LogP contribution in [0, 0.1) is 5.41 Å². The maximum absolute atomic E-state index is 12.1. The quantitative estimate of drug-likeness (QED) is 0.729. The molecule has 6 heteroatoms. The maximum Gasteiger partial charge on any atom is 0.317 e. The van der Waals surface area contributed by atoms with Crippen molar-refractivity contribution >= 4 is 12.0 Å². The van der Waals surface area contributed by atoms with E-state index in [9.17, 15) is 14.7 Å². The van der Waals surface area contributed by atoms with Gasteiger partial charge in [-0.15, -0.1) is 0 Å². The second kappa shape index (κ2) is 6.43. The number of hydrogen-bond acceptors (Lipinski definition) is 3. The minimum Gasteiger partial charge on any atom is -0.481 e. The molecule has 1 heterocycles. The number of likely N-dealkylation sites (tertiary alicyclic amines) is 1. The van der Waals surface area contributed by atoms with Crippen LogP contribution in [0.4, 0.5) is 4.79 Å². The average molecular weight is 286 g/mol. The molecule has 0 radical (unpaired) electrons. The number of amides is 2. The van der Waals surface area contributed by atoms with Gasteiger partial charge in [0.05, 0.1) is 12.0 Å². The van der Waals surface area contributed by atoms with Gasteiger partial charge in [0.2, 0.25) is 0 Å². The van der Waals surface area contributed by atoms with Gasteiger partial charge >= 0.3 is 12.0 Å². The van der Waals surface area contributed by atoms with Crippen LogP contribution in [0.5, 0.6) is 0 Å². The van der Waals surface area contributed by atoms with Gasteiger partial charge in [0.1, 0.15) is 0 Å². The number of hydrogen-bond donors (Lipinski definition) is 3. The van der Waals surface area contributed by atoms with Crippen LogP contribution in [0.15, 0.2) is 0 Å². The van der Waals surface area contributed by atoms with E-state index in [4.69, 9.17) is 5.11 Å². The van der Waals surface area contributed by atoms with Crippen molar-refractivity contribution < 1.29 is 19.8 Å². The Bertz CT molecular complexity index is 366. The van der Waals surface area contributed by atoms with Gasteiger partial charge in [0, 0.05) is 19.6 Å². The Kier molecular flexibility index (Phi) is 5.39. The molecule has 1 rings (SSSR count). The summed E-state index contributed by atoms with van der Waals surface area (Å²) in [6.07, 6.45) is 2.62. The summed E-state index contributed by atoms with van der Waals surface area (Å²) < 4.78 is 0. The van der Waals surface area contributed by atoms with Crippen molar-refractivity contribution in [1.29, 1.82) is 0 Å². The minimum atomic E-state index is -1.42. The normalized spacial score (nSPS) is 21.7. The molecule has 1 aliphatic rings. The van der Waals surface area contributed by atoms with E-state index in [2.05, 4.69) is 19.2 Å². The van der Waals surface area contributed by atoms with Crippen LogP contribution in [-0.4, -0.2) is 52.3 Å². The van der Waals surface area contributed by atoms with Crippen molar-refractivity contribution in [2.45, 2.75) is 52.1 Å². The van der Waals surface area contributed by atoms with Gasteiger partial charge in [-0.3, -0.25) is 4.79 Å². The van der Waals surface area contributed by atoms with Crippen LogP contribution in [0.25, 0.3) is 0 Å². The smallest absolute Gasteiger partial charge is 0.317 e. The molecule has 0 saturated carbocycles. The van der Waals surface area contributed by atoms with Crippen molar-refractivity contribution in [3.05, 3.63) is 0 Å². The standard InChI is InChI=1S/C14H26N2O4/c1-13(2)5-4-7-16(8-6-13)12(19)15-10-14(3,20)9-11(17)18/h20H,4-10H2,1-3H3,(H,15,19)(H,17,18). The number of nitrogens with one attached hydrogen (secondary N) is 1. The van der Waals surface area contributed by atoms with E-state index in [0.29, 0.717) is 13.1 Å². The monoisotopic (exact) mass is 286 g/mol. The van der Waals surface area contributed by atoms with Gasteiger partial charge < -0.3 is 20.4 Å². The summed E-state index contributed by atoms with van der Waals surface area (Å²) in [7, 11) is 0. The van der Waals surface area contributed by atoms with Gasteiger partial charge in [-0.05, 0) is 31.6 Å². The SMILES string of the molecule is CC1(C)CCCN(C(=O)NCC(C)(O)CC(=O)O)CC1. The zero-order valence-corrected chi connectivity index (χ0v) is 12.6. The van der Waals surface area contributed by atoms with E-state index in [0.717, 1.165) is 19.3 Å². The molecule has 1 saturated heterocycles. The van der Waals surface area contributed by atoms with E-state index in [1.807, 2.05) is 0 Å². The second-order valence-electron chi connectivity index (χ2n) is 6.73. The van der Waals surface area contributed by atoms with Crippen LogP contribution >= 0.6 is 0 Å². The molecule has 1 fully saturated rings. The predicted octanol–water partition coefficient (Wildman–Crippen LogP) is 1.43. The molecule has 20 heavy (non-hydrogen) atoms. The molecule has 0 spiro atoms. The Morgan fingerprint density at radius 3 is 2.55 bits per heavy atom. The number of aliphatic carboxylic acids is 1. The van der Waals surface area contributed by atoms with E-state index in [1.54, 1.807) is 4.90 Å². The Hall–Kier alpha value is -1.30. The minimum absolute atomic E-state index is 0.0575. The van der Waals surface area contributed by atoms with Crippen LogP contribution in [0.3, 0.4) is 0 Å². The summed E-state index contributed by atoms with van der Waals surface area (Å²) in [5.41, 5.74) is -1.17. The second-order valence-corrected chi connectivity index (χ2v) is 6.73. The Morgan fingerprint density at radius 1 is 1.30 bits per heavy atom. The number of nitrogens with zero attached hydrogens (tertiary/aromatic N) is 1. The first-order chi connectivity index (χ1) is 9.11. The number of aliphatic hydroxyl groups is 1. The van der Waals surface area contributed by atoms with Crippen LogP contribution in [0.2, 0.25) is 0 Å². The molecule has 3 N–H and O–H groups in total. The van der Waals surface area contributed by atoms with Crippen molar-refractivity contribution in [3.8, 4) is 0 Å². The number of carbonyl (C=O) groups is 2. The lowest BCUT2D eigenvalue weighted by atomic mass is 9.85. The Balaban J connectivity index is 2.45. The zero-order valence-electron chi connectivity index (χ0n) is 12.6. The summed E-state index contributed by atoms with van der Waals surface area (Å²) in [6, 6.07) is -0.228.